The molecule has 0 fully saturated rings. The summed E-state index contributed by atoms with van der Waals surface area (Å²) in [6.45, 7) is 10.1. The molecule has 0 bridgehead atoms. The number of hydrogen-bond donors (Lipinski definition) is 2. The van der Waals surface area contributed by atoms with Gasteiger partial charge >= 0.3 is 0 Å². The molecule has 2 heterocycles. The van der Waals surface area contributed by atoms with E-state index in [1.807, 2.05) is 13.8 Å². The number of aromatic nitrogens is 3. The zero-order valence-electron chi connectivity index (χ0n) is 17.0. The lowest BCUT2D eigenvalue weighted by Gasteiger charge is -2.18. The molecule has 0 aliphatic rings. The Balaban J connectivity index is 0.00000364. The standard InChI is InChI=1S/C18H27N5O2S.2ClH/c1-9(2)7-13(8-19)21-16(24)15-12(5)20-17(26-15)14-10(3)11(4)22-23(6)18(14)25;;/h9,13H,7-8,19H2,1-6H3,(H,21,24);2*1H. The molecule has 0 aromatic carbocycles. The van der Waals surface area contributed by atoms with Gasteiger partial charge in [-0.3, -0.25) is 9.59 Å². The molecule has 1 atom stereocenters. The predicted molar refractivity (Wildman–Crippen MR) is 119 cm³/mol. The molecule has 2 aromatic heterocycles. The maximum atomic E-state index is 12.7. The summed E-state index contributed by atoms with van der Waals surface area (Å²) in [5.74, 6) is 0.245. The third-order valence-corrected chi connectivity index (χ3v) is 5.49. The number of nitrogens with two attached hydrogens (primary N) is 1. The van der Waals surface area contributed by atoms with E-state index in [9.17, 15) is 9.59 Å². The van der Waals surface area contributed by atoms with Crippen molar-refractivity contribution in [2.24, 2.45) is 18.7 Å². The maximum absolute atomic E-state index is 12.7. The van der Waals surface area contributed by atoms with Crippen molar-refractivity contribution in [3.8, 4) is 10.6 Å². The molecule has 2 aromatic rings. The van der Waals surface area contributed by atoms with E-state index >= 15 is 0 Å². The fourth-order valence-corrected chi connectivity index (χ4v) is 3.91. The average Bonchev–Trinajstić information content (AvgIpc) is 2.93. The van der Waals surface area contributed by atoms with Crippen LogP contribution in [0.5, 0.6) is 0 Å². The fourth-order valence-electron chi connectivity index (χ4n) is 2.85. The van der Waals surface area contributed by atoms with Crippen molar-refractivity contribution in [2.75, 3.05) is 6.54 Å². The maximum Gasteiger partial charge on any atom is 0.277 e. The summed E-state index contributed by atoms with van der Waals surface area (Å²) < 4.78 is 1.31. The lowest BCUT2D eigenvalue weighted by molar-refractivity contribution is 0.0937. The van der Waals surface area contributed by atoms with Crippen LogP contribution in [0.1, 0.15) is 46.9 Å². The first-order chi connectivity index (χ1) is 12.1. The van der Waals surface area contributed by atoms with Gasteiger partial charge in [-0.1, -0.05) is 13.8 Å². The van der Waals surface area contributed by atoms with Crippen LogP contribution in [0.2, 0.25) is 0 Å². The molecule has 0 saturated carbocycles. The second-order valence-electron chi connectivity index (χ2n) is 6.98. The van der Waals surface area contributed by atoms with Gasteiger partial charge in [0.25, 0.3) is 11.5 Å². The molecule has 0 aliphatic heterocycles. The van der Waals surface area contributed by atoms with Crippen molar-refractivity contribution in [1.29, 1.82) is 0 Å². The summed E-state index contributed by atoms with van der Waals surface area (Å²) >= 11 is 1.23. The number of thiazole rings is 1. The molecule has 10 heteroatoms. The van der Waals surface area contributed by atoms with E-state index in [-0.39, 0.29) is 42.3 Å². The molecule has 0 aliphatic carbocycles. The molecular weight excluding hydrogens is 421 g/mol. The normalized spacial score (nSPS) is 11.6. The number of halogens is 2. The SMILES string of the molecule is Cc1nc(-c2c(C)c(C)nn(C)c2=O)sc1C(=O)NC(CN)CC(C)C.Cl.Cl. The van der Waals surface area contributed by atoms with Crippen LogP contribution in [0, 0.1) is 26.7 Å². The molecular formula is C18H29Cl2N5O2S. The number of nitrogens with one attached hydrogen (secondary N) is 1. The largest absolute Gasteiger partial charge is 0.347 e. The minimum Gasteiger partial charge on any atom is -0.347 e. The molecule has 0 radical (unpaired) electrons. The first-order valence-electron chi connectivity index (χ1n) is 8.68. The van der Waals surface area contributed by atoms with E-state index in [0.717, 1.165) is 17.7 Å². The number of nitrogens with zero attached hydrogens (tertiary/aromatic N) is 3. The Hall–Kier alpha value is -1.48. The third-order valence-electron chi connectivity index (χ3n) is 4.32. The van der Waals surface area contributed by atoms with Crippen LogP contribution < -0.4 is 16.6 Å². The Morgan fingerprint density at radius 2 is 1.82 bits per heavy atom. The quantitative estimate of drug-likeness (QED) is 0.705. The van der Waals surface area contributed by atoms with Crippen molar-refractivity contribution >= 4 is 42.1 Å². The molecule has 0 spiro atoms. The van der Waals surface area contributed by atoms with Gasteiger partial charge in [-0.2, -0.15) is 5.10 Å². The zero-order valence-corrected chi connectivity index (χ0v) is 19.5. The van der Waals surface area contributed by atoms with Crippen LogP contribution >= 0.6 is 36.2 Å². The van der Waals surface area contributed by atoms with E-state index in [1.54, 1.807) is 14.0 Å². The van der Waals surface area contributed by atoms with Crippen LogP contribution in [0.3, 0.4) is 0 Å². The lowest BCUT2D eigenvalue weighted by atomic mass is 10.0. The number of hydrogen-bond acceptors (Lipinski definition) is 6. The van der Waals surface area contributed by atoms with Crippen LogP contribution in [0.25, 0.3) is 10.6 Å². The highest BCUT2D eigenvalue weighted by molar-refractivity contribution is 7.17. The van der Waals surface area contributed by atoms with Gasteiger partial charge in [-0.15, -0.1) is 36.2 Å². The van der Waals surface area contributed by atoms with Crippen molar-refractivity contribution in [3.05, 3.63) is 32.2 Å². The number of carbonyl (C=O) groups excluding carboxylic acids is 1. The Morgan fingerprint density at radius 1 is 1.21 bits per heavy atom. The highest BCUT2D eigenvalue weighted by atomic mass is 35.5. The van der Waals surface area contributed by atoms with Gasteiger partial charge in [0.1, 0.15) is 9.88 Å². The predicted octanol–water partition coefficient (Wildman–Crippen LogP) is 2.78. The van der Waals surface area contributed by atoms with E-state index in [4.69, 9.17) is 5.73 Å². The summed E-state index contributed by atoms with van der Waals surface area (Å²) in [7, 11) is 1.62. The second kappa shape index (κ2) is 10.9. The van der Waals surface area contributed by atoms with Gasteiger partial charge < -0.3 is 11.1 Å². The van der Waals surface area contributed by atoms with Crippen LogP contribution in [-0.2, 0) is 7.05 Å². The molecule has 0 saturated heterocycles. The van der Waals surface area contributed by atoms with Gasteiger partial charge in [0.2, 0.25) is 0 Å². The van der Waals surface area contributed by atoms with E-state index < -0.39 is 0 Å². The summed E-state index contributed by atoms with van der Waals surface area (Å²) in [5, 5.41) is 7.72. The van der Waals surface area contributed by atoms with Crippen molar-refractivity contribution in [1.82, 2.24) is 20.1 Å². The van der Waals surface area contributed by atoms with E-state index in [0.29, 0.717) is 33.6 Å². The second-order valence-corrected chi connectivity index (χ2v) is 7.98. The minimum absolute atomic E-state index is 0. The number of carbonyl (C=O) groups is 1. The molecule has 1 amide bonds. The first-order valence-corrected chi connectivity index (χ1v) is 9.50. The fraction of sp³-hybridized carbons (Fsp3) is 0.556. The van der Waals surface area contributed by atoms with Crippen LogP contribution in [-0.4, -0.2) is 33.3 Å². The Bertz CT molecular complexity index is 880. The van der Waals surface area contributed by atoms with Gasteiger partial charge in [0.05, 0.1) is 17.0 Å². The van der Waals surface area contributed by atoms with Gasteiger partial charge in [0, 0.05) is 19.6 Å². The van der Waals surface area contributed by atoms with Gasteiger partial charge in [-0.05, 0) is 38.7 Å². The zero-order chi connectivity index (χ0) is 19.6. The summed E-state index contributed by atoms with van der Waals surface area (Å²) in [5.41, 5.74) is 8.23. The molecule has 28 heavy (non-hydrogen) atoms. The van der Waals surface area contributed by atoms with E-state index in [2.05, 4.69) is 29.2 Å². The van der Waals surface area contributed by atoms with Gasteiger partial charge in [-0.25, -0.2) is 9.67 Å². The Labute approximate surface area is 181 Å². The van der Waals surface area contributed by atoms with Crippen molar-refractivity contribution in [3.63, 3.8) is 0 Å². The smallest absolute Gasteiger partial charge is 0.277 e. The average molecular weight is 450 g/mol. The molecule has 3 N–H and O–H groups in total. The summed E-state index contributed by atoms with van der Waals surface area (Å²) in [4.78, 5) is 30.2. The summed E-state index contributed by atoms with van der Waals surface area (Å²) in [6, 6.07) is -0.0785. The highest BCUT2D eigenvalue weighted by Gasteiger charge is 2.22. The van der Waals surface area contributed by atoms with Crippen molar-refractivity contribution < 1.29 is 4.79 Å². The van der Waals surface area contributed by atoms with Crippen LogP contribution in [0.4, 0.5) is 0 Å². The number of aryl methyl sites for hydroxylation is 3. The molecule has 7 nitrogen and oxygen atoms in total. The minimum atomic E-state index is -0.214. The molecule has 1 unspecified atom stereocenters. The first kappa shape index (κ1) is 26.5. The van der Waals surface area contributed by atoms with Gasteiger partial charge in [0.15, 0.2) is 0 Å². The number of rotatable bonds is 6. The monoisotopic (exact) mass is 449 g/mol. The highest BCUT2D eigenvalue weighted by Crippen LogP contribution is 2.28. The Kier molecular flexibility index (Phi) is 10.3. The number of amides is 1. The molecule has 158 valence electrons. The van der Waals surface area contributed by atoms with Crippen LogP contribution in [0.15, 0.2) is 4.79 Å². The topological polar surface area (TPSA) is 103 Å². The Morgan fingerprint density at radius 3 is 2.36 bits per heavy atom. The van der Waals surface area contributed by atoms with Crippen molar-refractivity contribution in [2.45, 2.75) is 47.1 Å². The lowest BCUT2D eigenvalue weighted by Crippen LogP contribution is -2.41. The summed E-state index contributed by atoms with van der Waals surface area (Å²) in [6.07, 6.45) is 0.816. The molecule has 2 rings (SSSR count). The van der Waals surface area contributed by atoms with E-state index in [1.165, 1.54) is 16.0 Å². The third kappa shape index (κ3) is 5.76.